The first-order valence-corrected chi connectivity index (χ1v) is 5.71. The molecule has 1 unspecified atom stereocenters. The molecule has 0 spiro atoms. The van der Waals surface area contributed by atoms with Gasteiger partial charge >= 0.3 is 0 Å². The average Bonchev–Trinajstić information content (AvgIpc) is 2.36. The maximum absolute atomic E-state index is 13.1. The van der Waals surface area contributed by atoms with E-state index in [1.54, 1.807) is 13.1 Å². The van der Waals surface area contributed by atoms with Crippen LogP contribution in [0, 0.1) is 18.6 Å². The molecule has 0 saturated heterocycles. The van der Waals surface area contributed by atoms with Gasteiger partial charge in [0.1, 0.15) is 0 Å². The summed E-state index contributed by atoms with van der Waals surface area (Å²) in [6.07, 6.45) is 1.54. The Morgan fingerprint density at radius 1 is 1.32 bits per heavy atom. The van der Waals surface area contributed by atoms with Gasteiger partial charge in [-0.15, -0.1) is 0 Å². The van der Waals surface area contributed by atoms with E-state index in [1.807, 2.05) is 0 Å². The smallest absolute Gasteiger partial charge is 0.267 e. The summed E-state index contributed by atoms with van der Waals surface area (Å²) >= 11 is 0. The van der Waals surface area contributed by atoms with Crippen molar-refractivity contribution in [2.24, 2.45) is 5.73 Å². The number of hydrogen-bond acceptors (Lipinski definition) is 3. The molecule has 19 heavy (non-hydrogen) atoms. The van der Waals surface area contributed by atoms with Crippen molar-refractivity contribution < 1.29 is 8.78 Å². The quantitative estimate of drug-likeness (QED) is 0.915. The first-order chi connectivity index (χ1) is 8.97. The minimum absolute atomic E-state index is 0.101. The van der Waals surface area contributed by atoms with Gasteiger partial charge in [-0.25, -0.2) is 13.5 Å². The minimum atomic E-state index is -0.961. The van der Waals surface area contributed by atoms with Crippen LogP contribution >= 0.6 is 0 Å². The second-order valence-corrected chi connectivity index (χ2v) is 4.33. The molecule has 0 aliphatic heterocycles. The van der Waals surface area contributed by atoms with Gasteiger partial charge in [0.2, 0.25) is 0 Å². The van der Waals surface area contributed by atoms with E-state index < -0.39 is 17.7 Å². The normalized spacial score (nSPS) is 12.4. The molecular formula is C13H13F2N3O. The third-order valence-corrected chi connectivity index (χ3v) is 2.75. The maximum Gasteiger partial charge on any atom is 0.267 e. The van der Waals surface area contributed by atoms with Crippen molar-refractivity contribution in [3.05, 3.63) is 63.6 Å². The molecule has 2 aromatic rings. The van der Waals surface area contributed by atoms with Crippen LogP contribution in [0.2, 0.25) is 0 Å². The van der Waals surface area contributed by atoms with E-state index in [-0.39, 0.29) is 12.1 Å². The number of nitrogens with zero attached hydrogens (tertiary/aromatic N) is 2. The van der Waals surface area contributed by atoms with Crippen LogP contribution in [0.15, 0.2) is 35.3 Å². The summed E-state index contributed by atoms with van der Waals surface area (Å²) in [7, 11) is 0. The van der Waals surface area contributed by atoms with Gasteiger partial charge in [0.05, 0.1) is 12.7 Å². The molecule has 0 saturated carbocycles. The molecule has 1 heterocycles. The highest BCUT2D eigenvalue weighted by molar-refractivity contribution is 5.20. The van der Waals surface area contributed by atoms with Gasteiger partial charge in [0, 0.05) is 12.1 Å². The van der Waals surface area contributed by atoms with Gasteiger partial charge in [0.15, 0.2) is 11.6 Å². The van der Waals surface area contributed by atoms with Gasteiger partial charge in [-0.2, -0.15) is 5.10 Å². The predicted molar refractivity (Wildman–Crippen MR) is 66.5 cm³/mol. The molecule has 100 valence electrons. The SMILES string of the molecule is Cc1cnn(CC(N)c2ccc(F)c(F)c2)c(=O)c1. The van der Waals surface area contributed by atoms with Crippen LogP contribution in [0.4, 0.5) is 8.78 Å². The van der Waals surface area contributed by atoms with Crippen LogP contribution in [0.5, 0.6) is 0 Å². The summed E-state index contributed by atoms with van der Waals surface area (Å²) in [5.41, 5.74) is 6.75. The fraction of sp³-hybridized carbons (Fsp3) is 0.231. The number of rotatable bonds is 3. The number of halogens is 2. The van der Waals surface area contributed by atoms with E-state index >= 15 is 0 Å². The molecule has 0 fully saturated rings. The lowest BCUT2D eigenvalue weighted by molar-refractivity contribution is 0.486. The van der Waals surface area contributed by atoms with Crippen molar-refractivity contribution in [3.63, 3.8) is 0 Å². The van der Waals surface area contributed by atoms with Crippen LogP contribution in [-0.2, 0) is 6.54 Å². The van der Waals surface area contributed by atoms with Crippen molar-refractivity contribution in [2.75, 3.05) is 0 Å². The van der Waals surface area contributed by atoms with Crippen LogP contribution in [-0.4, -0.2) is 9.78 Å². The van der Waals surface area contributed by atoms with E-state index in [1.165, 1.54) is 16.8 Å². The fourth-order valence-corrected chi connectivity index (χ4v) is 1.70. The van der Waals surface area contributed by atoms with Crippen LogP contribution < -0.4 is 11.3 Å². The predicted octanol–water partition coefficient (Wildman–Crippen LogP) is 1.53. The molecule has 6 heteroatoms. The molecule has 2 rings (SSSR count). The number of aromatic nitrogens is 2. The molecule has 2 N–H and O–H groups in total. The first kappa shape index (κ1) is 13.4. The van der Waals surface area contributed by atoms with Crippen molar-refractivity contribution in [1.82, 2.24) is 9.78 Å². The first-order valence-electron chi connectivity index (χ1n) is 5.71. The van der Waals surface area contributed by atoms with Crippen molar-refractivity contribution in [2.45, 2.75) is 19.5 Å². The Labute approximate surface area is 108 Å². The van der Waals surface area contributed by atoms with Gasteiger partial charge in [-0.05, 0) is 30.2 Å². The Morgan fingerprint density at radius 2 is 2.05 bits per heavy atom. The maximum atomic E-state index is 13.1. The molecule has 0 aliphatic rings. The lowest BCUT2D eigenvalue weighted by Crippen LogP contribution is -2.28. The second kappa shape index (κ2) is 5.27. The summed E-state index contributed by atoms with van der Waals surface area (Å²) in [4.78, 5) is 11.6. The Bertz CT molecular complexity index is 655. The summed E-state index contributed by atoms with van der Waals surface area (Å²) < 4.78 is 27.1. The number of benzene rings is 1. The monoisotopic (exact) mass is 265 g/mol. The van der Waals surface area contributed by atoms with Gasteiger partial charge in [-0.3, -0.25) is 4.79 Å². The number of hydrogen-bond donors (Lipinski definition) is 1. The molecule has 0 bridgehead atoms. The summed E-state index contributed by atoms with van der Waals surface area (Å²) in [5.74, 6) is -1.89. The zero-order chi connectivity index (χ0) is 14.0. The Kier molecular flexibility index (Phi) is 3.71. The molecule has 0 aliphatic carbocycles. The lowest BCUT2D eigenvalue weighted by atomic mass is 10.1. The van der Waals surface area contributed by atoms with Crippen LogP contribution in [0.3, 0.4) is 0 Å². The molecule has 1 atom stereocenters. The van der Waals surface area contributed by atoms with E-state index in [4.69, 9.17) is 5.73 Å². The van der Waals surface area contributed by atoms with Gasteiger partial charge in [-0.1, -0.05) is 6.07 Å². The van der Waals surface area contributed by atoms with Gasteiger partial charge < -0.3 is 5.73 Å². The van der Waals surface area contributed by atoms with E-state index in [0.717, 1.165) is 17.7 Å². The zero-order valence-electron chi connectivity index (χ0n) is 10.3. The fourth-order valence-electron chi connectivity index (χ4n) is 1.70. The Hall–Kier alpha value is -2.08. The molecule has 1 aromatic carbocycles. The summed E-state index contributed by atoms with van der Waals surface area (Å²) in [6.45, 7) is 1.86. The lowest BCUT2D eigenvalue weighted by Gasteiger charge is -2.13. The highest BCUT2D eigenvalue weighted by atomic mass is 19.2. The van der Waals surface area contributed by atoms with Crippen molar-refractivity contribution in [1.29, 1.82) is 0 Å². The van der Waals surface area contributed by atoms with E-state index in [2.05, 4.69) is 5.10 Å². The van der Waals surface area contributed by atoms with E-state index in [9.17, 15) is 13.6 Å². The zero-order valence-corrected chi connectivity index (χ0v) is 10.3. The average molecular weight is 265 g/mol. The highest BCUT2D eigenvalue weighted by Crippen LogP contribution is 2.15. The molecule has 1 aromatic heterocycles. The number of nitrogens with two attached hydrogens (primary N) is 1. The van der Waals surface area contributed by atoms with Crippen molar-refractivity contribution >= 4 is 0 Å². The molecule has 0 radical (unpaired) electrons. The number of aryl methyl sites for hydroxylation is 1. The topological polar surface area (TPSA) is 60.9 Å². The third-order valence-electron chi connectivity index (χ3n) is 2.75. The standard InChI is InChI=1S/C13H13F2N3O/c1-8-4-13(19)18(17-6-8)7-12(16)9-2-3-10(14)11(15)5-9/h2-6,12H,7,16H2,1H3. The Morgan fingerprint density at radius 3 is 2.68 bits per heavy atom. The second-order valence-electron chi connectivity index (χ2n) is 4.33. The van der Waals surface area contributed by atoms with E-state index in [0.29, 0.717) is 5.56 Å². The van der Waals surface area contributed by atoms with Crippen molar-refractivity contribution in [3.8, 4) is 0 Å². The summed E-state index contributed by atoms with van der Waals surface area (Å²) in [5, 5.41) is 3.94. The third kappa shape index (κ3) is 3.03. The van der Waals surface area contributed by atoms with Crippen LogP contribution in [0.25, 0.3) is 0 Å². The molecule has 0 amide bonds. The molecular weight excluding hydrogens is 252 g/mol. The summed E-state index contributed by atoms with van der Waals surface area (Å²) in [6, 6.07) is 4.23. The highest BCUT2D eigenvalue weighted by Gasteiger charge is 2.11. The molecule has 4 nitrogen and oxygen atoms in total. The largest absolute Gasteiger partial charge is 0.322 e. The van der Waals surface area contributed by atoms with Gasteiger partial charge in [0.25, 0.3) is 5.56 Å². The Balaban J connectivity index is 2.22. The van der Waals surface area contributed by atoms with Crippen LogP contribution in [0.1, 0.15) is 17.2 Å². The minimum Gasteiger partial charge on any atom is -0.322 e.